The number of sulfone groups is 1. The van der Waals surface area contributed by atoms with Crippen molar-refractivity contribution in [3.8, 4) is 0 Å². The third-order valence-electron chi connectivity index (χ3n) is 22.2. The number of imidazole rings is 1. The highest BCUT2D eigenvalue weighted by Gasteiger charge is 2.54. The molecule has 0 spiro atoms. The first kappa shape index (κ1) is 100. The number of allylic oxidation sites excluding steroid dienone is 2. The van der Waals surface area contributed by atoms with Crippen molar-refractivity contribution in [1.82, 2.24) is 9.55 Å². The Labute approximate surface area is 750 Å². The van der Waals surface area contributed by atoms with Crippen molar-refractivity contribution >= 4 is 102 Å². The lowest BCUT2D eigenvalue weighted by Gasteiger charge is -2.38. The fourth-order valence-corrected chi connectivity index (χ4v) is 25.2. The summed E-state index contributed by atoms with van der Waals surface area (Å²) in [5.74, 6) is 3.44. The zero-order valence-corrected chi connectivity index (χ0v) is 86.7. The molecule has 2 aliphatic heterocycles. The lowest BCUT2D eigenvalue weighted by Crippen LogP contribution is -2.39. The molecule has 14 rings (SSSR count). The summed E-state index contributed by atoms with van der Waals surface area (Å²) in [5.41, 5.74) is 14.4. The Balaban J connectivity index is 0.000000177. The highest BCUT2D eigenvalue weighted by molar-refractivity contribution is 7.92. The standard InChI is InChI=1S/C16H24O2S.C16H22OS.2C16H22O.2C16H22S.C15H22N2/c1-15(2,3)13-11-9-7-8-10-12(11)19(17,18)14(13)16(4,5)6;1-15(2,3)13-11-9-7-8-10-12(11)18(17)14(13)16(4,5)6;4*1-15(2,3)13-11-9-7-8-10-12(11)17-14(13)16(4,5)6;1-14(2,3)13-16-11-9-7-8-10-12(11)17(13)15(4,5)6/h7-10,13-14H,1-6H3;7-10H,1-6H3;5*7-10H,1-6H3. The number of para-hydroxylation sites is 4. The molecule has 7 heterocycles. The van der Waals surface area contributed by atoms with Gasteiger partial charge >= 0.3 is 0 Å². The van der Waals surface area contributed by atoms with Crippen LogP contribution < -0.4 is 0 Å². The summed E-state index contributed by atoms with van der Waals surface area (Å²) in [5, 5.41) is 5.04. The number of hydrogen-bond acceptors (Lipinski definition) is 8. The maximum atomic E-state index is 12.9. The molecule has 0 N–H and O–H groups in total. The molecule has 664 valence electrons. The summed E-state index contributed by atoms with van der Waals surface area (Å²) < 4.78 is 55.9. The molecule has 3 atom stereocenters. The molecule has 12 aromatic rings. The molecule has 7 aromatic carbocycles. The largest absolute Gasteiger partial charge is 0.460 e. The molecule has 122 heavy (non-hydrogen) atoms. The van der Waals surface area contributed by atoms with Crippen LogP contribution in [0.15, 0.2) is 193 Å². The summed E-state index contributed by atoms with van der Waals surface area (Å²) in [4.78, 5) is 10.5. The first-order chi connectivity index (χ1) is 55.2. The second-order valence-corrected chi connectivity index (χ2v) is 54.1. The summed E-state index contributed by atoms with van der Waals surface area (Å²) >= 11 is 3.92. The first-order valence-corrected chi connectivity index (χ1v) is 48.7. The molecule has 2 aliphatic rings. The monoisotopic (exact) mass is 1730 g/mol. The van der Waals surface area contributed by atoms with Gasteiger partial charge < -0.3 is 13.4 Å². The van der Waals surface area contributed by atoms with Crippen LogP contribution >= 0.6 is 22.7 Å². The third-order valence-corrected chi connectivity index (χ3v) is 30.0. The van der Waals surface area contributed by atoms with Gasteiger partial charge in [0.15, 0.2) is 9.84 Å². The molecule has 5 aromatic heterocycles. The van der Waals surface area contributed by atoms with E-state index in [1.54, 1.807) is 6.07 Å². The van der Waals surface area contributed by atoms with Crippen LogP contribution in [-0.4, -0.2) is 27.4 Å². The number of fused-ring (bicyclic) bond motifs is 7. The van der Waals surface area contributed by atoms with Gasteiger partial charge in [-0.25, -0.2) is 17.6 Å². The molecule has 0 bridgehead atoms. The normalized spacial score (nSPS) is 16.3. The Kier molecular flexibility index (Phi) is 29.0. The number of nitrogens with zero attached hydrogens (tertiary/aromatic N) is 2. The Morgan fingerprint density at radius 1 is 0.352 bits per heavy atom. The van der Waals surface area contributed by atoms with Crippen LogP contribution in [0, 0.1) is 21.7 Å². The van der Waals surface area contributed by atoms with Gasteiger partial charge in [0.05, 0.1) is 36.9 Å². The molecule has 11 heteroatoms. The number of aromatic nitrogens is 2. The van der Waals surface area contributed by atoms with Crippen LogP contribution in [0.25, 0.3) is 58.7 Å². The van der Waals surface area contributed by atoms with E-state index in [0.29, 0.717) is 4.90 Å². The van der Waals surface area contributed by atoms with E-state index in [4.69, 9.17) is 13.8 Å². The smallest absolute Gasteiger partial charge is 0.182 e. The van der Waals surface area contributed by atoms with Crippen molar-refractivity contribution in [2.24, 2.45) is 21.7 Å². The second-order valence-electron chi connectivity index (χ2n) is 48.6. The van der Waals surface area contributed by atoms with E-state index < -0.39 is 20.6 Å². The van der Waals surface area contributed by atoms with Crippen LogP contribution in [0.5, 0.6) is 0 Å². The summed E-state index contributed by atoms with van der Waals surface area (Å²) in [6.45, 7) is 93.4. The zero-order chi connectivity index (χ0) is 92.6. The van der Waals surface area contributed by atoms with Crippen molar-refractivity contribution in [2.45, 2.75) is 366 Å². The minimum absolute atomic E-state index is 0.0187. The Hall–Kier alpha value is -7.15. The summed E-state index contributed by atoms with van der Waals surface area (Å²) in [6, 6.07) is 58.2. The maximum Gasteiger partial charge on any atom is 0.182 e. The Morgan fingerprint density at radius 2 is 0.713 bits per heavy atom. The minimum atomic E-state index is -3.24. The van der Waals surface area contributed by atoms with Gasteiger partial charge in [-0.05, 0) is 162 Å². The van der Waals surface area contributed by atoms with Crippen LogP contribution in [0.3, 0.4) is 0 Å². The van der Waals surface area contributed by atoms with Gasteiger partial charge in [-0.15, -0.1) is 22.7 Å². The molecule has 0 radical (unpaired) electrons. The highest BCUT2D eigenvalue weighted by atomic mass is 32.2. The third kappa shape index (κ3) is 22.6. The number of thiophene rings is 2. The topological polar surface area (TPSA) is 95.3 Å². The maximum absolute atomic E-state index is 12.9. The minimum Gasteiger partial charge on any atom is -0.460 e. The molecular formula is C111H156N2O5S4. The van der Waals surface area contributed by atoms with Crippen LogP contribution in [0.4, 0.5) is 0 Å². The number of hydrogen-bond donors (Lipinski definition) is 0. The molecule has 0 saturated heterocycles. The van der Waals surface area contributed by atoms with E-state index in [9.17, 15) is 12.6 Å². The van der Waals surface area contributed by atoms with E-state index in [2.05, 4.69) is 390 Å². The number of rotatable bonds is 0. The Morgan fingerprint density at radius 3 is 1.07 bits per heavy atom. The summed E-state index contributed by atoms with van der Waals surface area (Å²) in [7, 11) is -4.24. The zero-order valence-electron chi connectivity index (χ0n) is 83.4. The van der Waals surface area contributed by atoms with Crippen molar-refractivity contribution in [1.29, 1.82) is 0 Å². The van der Waals surface area contributed by atoms with Gasteiger partial charge in [-0.3, -0.25) is 0 Å². The average Bonchev–Trinajstić information content (AvgIpc) is 1.56. The van der Waals surface area contributed by atoms with Gasteiger partial charge in [0.2, 0.25) is 0 Å². The molecule has 0 amide bonds. The Bertz CT molecular complexity index is 5240. The number of furan rings is 2. The van der Waals surface area contributed by atoms with E-state index in [0.717, 1.165) is 49.4 Å². The van der Waals surface area contributed by atoms with Crippen LogP contribution in [-0.2, 0) is 74.9 Å². The fraction of sp³-hybridized carbons (Fsp3) is 0.523. The summed E-state index contributed by atoms with van der Waals surface area (Å²) in [6.07, 6.45) is 0. The first-order valence-electron chi connectivity index (χ1n) is 44.3. The van der Waals surface area contributed by atoms with Gasteiger partial charge in [0.25, 0.3) is 0 Å². The van der Waals surface area contributed by atoms with Gasteiger partial charge in [-0.2, -0.15) is 0 Å². The molecule has 0 fully saturated rings. The van der Waals surface area contributed by atoms with Gasteiger partial charge in [0, 0.05) is 73.7 Å². The van der Waals surface area contributed by atoms with E-state index in [1.807, 2.05) is 92.0 Å². The molecule has 7 nitrogen and oxygen atoms in total. The van der Waals surface area contributed by atoms with Crippen molar-refractivity contribution in [3.05, 3.63) is 235 Å². The van der Waals surface area contributed by atoms with E-state index in [1.165, 1.54) is 79.6 Å². The molecule has 3 unspecified atom stereocenters. The second kappa shape index (κ2) is 35.2. The molecule has 0 saturated carbocycles. The lowest BCUT2D eigenvalue weighted by molar-refractivity contribution is 0.238. The molecular weight excluding hydrogens is 1570 g/mol. The SMILES string of the molecule is CC(C)(C)C1=C(C(C)(C)C)S(=O)c2ccccc21.CC(C)(C)C1c2ccccc2S(=O)(=O)C1C(C)(C)C.CC(C)(C)c1nc2ccccc2n1C(C)(C)C.CC(C)(C)c1oc2ccccc2c1C(C)(C)C.CC(C)(C)c1oc2ccccc2c1C(C)(C)C.CC(C)(C)c1sc2ccccc2c1C(C)(C)C.CC(C)(C)c1sc2ccccc2c1C(C)(C)C. The van der Waals surface area contributed by atoms with Crippen molar-refractivity contribution in [3.63, 3.8) is 0 Å². The van der Waals surface area contributed by atoms with Crippen LogP contribution in [0.1, 0.15) is 357 Å². The van der Waals surface area contributed by atoms with Gasteiger partial charge in [0.1, 0.15) is 28.5 Å². The quantitative estimate of drug-likeness (QED) is 0.150. The molecule has 0 aliphatic carbocycles. The van der Waals surface area contributed by atoms with Crippen molar-refractivity contribution in [2.75, 3.05) is 0 Å². The van der Waals surface area contributed by atoms with E-state index in [-0.39, 0.29) is 87.1 Å². The highest BCUT2D eigenvalue weighted by Crippen LogP contribution is 2.56. The van der Waals surface area contributed by atoms with Gasteiger partial charge in [-0.1, -0.05) is 391 Å². The fourth-order valence-electron chi connectivity index (χ4n) is 17.4. The lowest BCUT2D eigenvalue weighted by atomic mass is 9.69. The van der Waals surface area contributed by atoms with Crippen LogP contribution in [0.2, 0.25) is 0 Å². The predicted octanol–water partition coefficient (Wildman–Crippen LogP) is 33.8. The number of benzene rings is 7. The van der Waals surface area contributed by atoms with E-state index >= 15 is 0 Å². The predicted molar refractivity (Wildman–Crippen MR) is 537 cm³/mol. The van der Waals surface area contributed by atoms with Crippen molar-refractivity contribution < 1.29 is 21.5 Å². The average molecular weight is 1730 g/mol.